The van der Waals surface area contributed by atoms with E-state index in [4.69, 9.17) is 4.42 Å². The average molecular weight is 377 g/mol. The second-order valence-corrected chi connectivity index (χ2v) is 6.67. The molecule has 4 rings (SSSR count). The van der Waals surface area contributed by atoms with E-state index in [0.717, 1.165) is 18.8 Å². The highest BCUT2D eigenvalue weighted by Gasteiger charge is 2.15. The lowest BCUT2D eigenvalue weighted by molar-refractivity contribution is -0.384. The van der Waals surface area contributed by atoms with E-state index in [9.17, 15) is 14.9 Å². The Morgan fingerprint density at radius 2 is 1.79 bits per heavy atom. The molecule has 1 aliphatic rings. The first kappa shape index (κ1) is 17.8. The van der Waals surface area contributed by atoms with Gasteiger partial charge in [0.2, 0.25) is 0 Å². The fourth-order valence-corrected chi connectivity index (χ4v) is 3.31. The summed E-state index contributed by atoms with van der Waals surface area (Å²) in [6, 6.07) is 17.0. The molecule has 28 heavy (non-hydrogen) atoms. The maximum Gasteiger partial charge on any atom is 0.291 e. The largest absolute Gasteiger partial charge is 0.451 e. The molecular formula is C21H19N3O4. The van der Waals surface area contributed by atoms with Crippen molar-refractivity contribution in [2.75, 3.05) is 23.3 Å². The van der Waals surface area contributed by atoms with Crippen molar-refractivity contribution in [3.05, 3.63) is 76.5 Å². The van der Waals surface area contributed by atoms with Crippen molar-refractivity contribution in [1.82, 2.24) is 0 Å². The number of nitro groups is 1. The van der Waals surface area contributed by atoms with Gasteiger partial charge >= 0.3 is 0 Å². The van der Waals surface area contributed by atoms with Crippen LogP contribution in [0.5, 0.6) is 0 Å². The molecule has 7 heteroatoms. The number of non-ortho nitro benzene ring substituents is 1. The van der Waals surface area contributed by atoms with E-state index in [0.29, 0.717) is 17.0 Å². The summed E-state index contributed by atoms with van der Waals surface area (Å²) in [7, 11) is 0. The molecule has 0 spiro atoms. The normalized spacial score (nSPS) is 13.5. The van der Waals surface area contributed by atoms with Gasteiger partial charge in [-0.2, -0.15) is 0 Å². The van der Waals surface area contributed by atoms with E-state index in [1.807, 2.05) is 24.3 Å². The molecule has 0 radical (unpaired) electrons. The molecule has 1 N–H and O–H groups in total. The predicted octanol–water partition coefficient (Wildman–Crippen LogP) is 4.71. The molecule has 0 unspecified atom stereocenters. The highest BCUT2D eigenvalue weighted by atomic mass is 16.6. The van der Waals surface area contributed by atoms with Gasteiger partial charge in [-0.25, -0.2) is 0 Å². The lowest BCUT2D eigenvalue weighted by Gasteiger charge is -2.17. The molecule has 0 aliphatic carbocycles. The first-order chi connectivity index (χ1) is 13.6. The summed E-state index contributed by atoms with van der Waals surface area (Å²) in [4.78, 5) is 25.2. The van der Waals surface area contributed by atoms with Crippen LogP contribution in [0.3, 0.4) is 0 Å². The SMILES string of the molecule is O=C(Nc1ccc(N2CCCC2)cc1)c1ccc(-c2cccc([N+](=O)[O-])c2)o1. The third kappa shape index (κ3) is 3.73. The summed E-state index contributed by atoms with van der Waals surface area (Å²) in [5.41, 5.74) is 2.35. The zero-order valence-electron chi connectivity index (χ0n) is 15.1. The molecule has 0 bridgehead atoms. The van der Waals surface area contributed by atoms with E-state index < -0.39 is 4.92 Å². The minimum absolute atomic E-state index is 0.0296. The summed E-state index contributed by atoms with van der Waals surface area (Å²) in [5, 5.41) is 13.7. The van der Waals surface area contributed by atoms with Gasteiger partial charge in [0, 0.05) is 42.2 Å². The Labute approximate surface area is 161 Å². The third-order valence-electron chi connectivity index (χ3n) is 4.77. The lowest BCUT2D eigenvalue weighted by Crippen LogP contribution is -2.17. The number of carbonyl (C=O) groups is 1. The van der Waals surface area contributed by atoms with Gasteiger partial charge in [-0.15, -0.1) is 0 Å². The van der Waals surface area contributed by atoms with E-state index in [2.05, 4.69) is 10.2 Å². The Bertz CT molecular complexity index is 1000. The van der Waals surface area contributed by atoms with E-state index >= 15 is 0 Å². The lowest BCUT2D eigenvalue weighted by atomic mass is 10.1. The molecular weight excluding hydrogens is 358 g/mol. The predicted molar refractivity (Wildman–Crippen MR) is 107 cm³/mol. The molecule has 1 amide bonds. The number of rotatable bonds is 5. The van der Waals surface area contributed by atoms with Gasteiger partial charge in [0.1, 0.15) is 5.76 Å². The molecule has 2 heterocycles. The van der Waals surface area contributed by atoms with Gasteiger partial charge in [-0.3, -0.25) is 14.9 Å². The van der Waals surface area contributed by atoms with Gasteiger partial charge in [-0.1, -0.05) is 12.1 Å². The monoisotopic (exact) mass is 377 g/mol. The van der Waals surface area contributed by atoms with E-state index in [-0.39, 0.29) is 17.4 Å². The van der Waals surface area contributed by atoms with Crippen LogP contribution in [0.4, 0.5) is 17.1 Å². The van der Waals surface area contributed by atoms with Crippen molar-refractivity contribution in [2.24, 2.45) is 0 Å². The maximum atomic E-state index is 12.5. The van der Waals surface area contributed by atoms with Crippen molar-refractivity contribution in [3.8, 4) is 11.3 Å². The van der Waals surface area contributed by atoms with Crippen molar-refractivity contribution in [3.63, 3.8) is 0 Å². The number of nitro benzene ring substituents is 1. The van der Waals surface area contributed by atoms with Crippen LogP contribution in [0.15, 0.2) is 65.1 Å². The van der Waals surface area contributed by atoms with Crippen LogP contribution >= 0.6 is 0 Å². The first-order valence-electron chi connectivity index (χ1n) is 9.11. The van der Waals surface area contributed by atoms with Crippen LogP contribution in [0.1, 0.15) is 23.4 Å². The van der Waals surface area contributed by atoms with Crippen LogP contribution < -0.4 is 10.2 Å². The number of anilines is 2. The first-order valence-corrected chi connectivity index (χ1v) is 9.11. The van der Waals surface area contributed by atoms with Crippen LogP contribution in [0, 0.1) is 10.1 Å². The molecule has 1 fully saturated rings. The smallest absolute Gasteiger partial charge is 0.291 e. The van der Waals surface area contributed by atoms with Crippen molar-refractivity contribution >= 4 is 23.0 Å². The Hall–Kier alpha value is -3.61. The van der Waals surface area contributed by atoms with Gasteiger partial charge < -0.3 is 14.6 Å². The summed E-state index contributed by atoms with van der Waals surface area (Å²) in [5.74, 6) is 0.175. The number of carbonyl (C=O) groups excluding carboxylic acids is 1. The zero-order valence-corrected chi connectivity index (χ0v) is 15.1. The second-order valence-electron chi connectivity index (χ2n) is 6.67. The van der Waals surface area contributed by atoms with Gasteiger partial charge in [0.15, 0.2) is 5.76 Å². The zero-order chi connectivity index (χ0) is 19.5. The molecule has 7 nitrogen and oxygen atoms in total. The fourth-order valence-electron chi connectivity index (χ4n) is 3.31. The van der Waals surface area contributed by atoms with Gasteiger partial charge in [0.05, 0.1) is 4.92 Å². The molecule has 0 atom stereocenters. The Balaban J connectivity index is 1.46. The molecule has 1 saturated heterocycles. The summed E-state index contributed by atoms with van der Waals surface area (Å²) in [6.45, 7) is 2.14. The summed E-state index contributed by atoms with van der Waals surface area (Å²) in [6.07, 6.45) is 2.42. The topological polar surface area (TPSA) is 88.6 Å². The quantitative estimate of drug-likeness (QED) is 0.514. The number of hydrogen-bond donors (Lipinski definition) is 1. The van der Waals surface area contributed by atoms with Gasteiger partial charge in [0.25, 0.3) is 11.6 Å². The minimum Gasteiger partial charge on any atom is -0.451 e. The number of benzene rings is 2. The van der Waals surface area contributed by atoms with Crippen molar-refractivity contribution < 1.29 is 14.1 Å². The third-order valence-corrected chi connectivity index (χ3v) is 4.77. The Kier molecular flexibility index (Phi) is 4.80. The minimum atomic E-state index is -0.466. The highest BCUT2D eigenvalue weighted by Crippen LogP contribution is 2.27. The Morgan fingerprint density at radius 3 is 2.50 bits per heavy atom. The highest BCUT2D eigenvalue weighted by molar-refractivity contribution is 6.02. The molecule has 1 aliphatic heterocycles. The number of amides is 1. The van der Waals surface area contributed by atoms with Crippen LogP contribution in [-0.4, -0.2) is 23.9 Å². The van der Waals surface area contributed by atoms with Crippen LogP contribution in [-0.2, 0) is 0 Å². The molecule has 142 valence electrons. The number of hydrogen-bond acceptors (Lipinski definition) is 5. The summed E-state index contributed by atoms with van der Waals surface area (Å²) < 4.78 is 5.60. The molecule has 0 saturated carbocycles. The van der Waals surface area contributed by atoms with Crippen molar-refractivity contribution in [2.45, 2.75) is 12.8 Å². The fraction of sp³-hybridized carbons (Fsp3) is 0.190. The molecule has 3 aromatic rings. The maximum absolute atomic E-state index is 12.5. The van der Waals surface area contributed by atoms with Crippen molar-refractivity contribution in [1.29, 1.82) is 0 Å². The van der Waals surface area contributed by atoms with Crippen LogP contribution in [0.25, 0.3) is 11.3 Å². The van der Waals surface area contributed by atoms with Gasteiger partial charge in [-0.05, 0) is 49.2 Å². The number of furan rings is 1. The van der Waals surface area contributed by atoms with E-state index in [1.165, 1.54) is 25.0 Å². The van der Waals surface area contributed by atoms with E-state index in [1.54, 1.807) is 24.3 Å². The Morgan fingerprint density at radius 1 is 1.04 bits per heavy atom. The number of nitrogens with zero attached hydrogens (tertiary/aromatic N) is 2. The second kappa shape index (κ2) is 7.56. The summed E-state index contributed by atoms with van der Waals surface area (Å²) >= 11 is 0. The standard InChI is InChI=1S/C21H19N3O4/c25-21(22-16-6-8-17(9-7-16)23-12-1-2-13-23)20-11-10-19(28-20)15-4-3-5-18(14-15)24(26)27/h3-11,14H,1-2,12-13H2,(H,22,25). The van der Waals surface area contributed by atoms with Crippen LogP contribution in [0.2, 0.25) is 0 Å². The number of nitrogens with one attached hydrogen (secondary N) is 1. The molecule has 2 aromatic carbocycles. The molecule has 1 aromatic heterocycles. The average Bonchev–Trinajstić information content (AvgIpc) is 3.41.